The van der Waals surface area contributed by atoms with Gasteiger partial charge in [0.15, 0.2) is 0 Å². The van der Waals surface area contributed by atoms with E-state index in [9.17, 15) is 9.59 Å². The number of carbonyl (C=O) groups is 2. The first kappa shape index (κ1) is 24.3. The molecule has 1 fully saturated rings. The number of amides is 1. The van der Waals surface area contributed by atoms with Crippen LogP contribution in [0.1, 0.15) is 36.8 Å². The van der Waals surface area contributed by atoms with E-state index in [2.05, 4.69) is 4.74 Å². The van der Waals surface area contributed by atoms with Crippen LogP contribution in [0.4, 0.5) is 0 Å². The molecule has 3 rings (SSSR count). The maximum absolute atomic E-state index is 12.7. The lowest BCUT2D eigenvalue weighted by atomic mass is 10.2. The third kappa shape index (κ3) is 7.08. The Labute approximate surface area is 202 Å². The summed E-state index contributed by atoms with van der Waals surface area (Å²) in [6, 6.07) is 15.1. The van der Waals surface area contributed by atoms with Crippen molar-refractivity contribution in [3.05, 3.63) is 69.6 Å². The second-order valence-corrected chi connectivity index (χ2v) is 9.32. The molecule has 0 aromatic heterocycles. The molecule has 2 aromatic rings. The molecule has 1 aliphatic heterocycles. The Hall–Kier alpha value is -2.35. The number of hydrogen-bond acceptors (Lipinski definition) is 6. The average molecular weight is 490 g/mol. The summed E-state index contributed by atoms with van der Waals surface area (Å²) in [6.45, 7) is 1.01. The number of halogens is 1. The summed E-state index contributed by atoms with van der Waals surface area (Å²) in [5, 5.41) is 0.696. The summed E-state index contributed by atoms with van der Waals surface area (Å²) in [5.41, 5.74) is 1.94. The average Bonchev–Trinajstić information content (AvgIpc) is 3.06. The largest absolute Gasteiger partial charge is 0.489 e. The zero-order valence-corrected chi connectivity index (χ0v) is 20.1. The summed E-state index contributed by atoms with van der Waals surface area (Å²) >= 11 is 12.6. The minimum absolute atomic E-state index is 0.0731. The second kappa shape index (κ2) is 12.0. The molecule has 0 spiro atoms. The Kier molecular flexibility index (Phi) is 9.14. The molecule has 0 aliphatic carbocycles. The van der Waals surface area contributed by atoms with Gasteiger partial charge in [-0.15, -0.1) is 0 Å². The highest BCUT2D eigenvalue weighted by Gasteiger charge is 2.31. The Morgan fingerprint density at radius 1 is 1.09 bits per heavy atom. The monoisotopic (exact) mass is 489 g/mol. The van der Waals surface area contributed by atoms with Gasteiger partial charge in [0.05, 0.1) is 12.0 Å². The summed E-state index contributed by atoms with van der Waals surface area (Å²) < 4.78 is 11.0. The van der Waals surface area contributed by atoms with Gasteiger partial charge in [-0.05, 0) is 54.3 Å². The van der Waals surface area contributed by atoms with Gasteiger partial charge in [-0.1, -0.05) is 66.3 Å². The first-order valence-corrected chi connectivity index (χ1v) is 11.9. The molecule has 32 heavy (non-hydrogen) atoms. The number of rotatable bonds is 10. The smallest absolute Gasteiger partial charge is 0.305 e. The van der Waals surface area contributed by atoms with Crippen LogP contribution in [0, 0.1) is 0 Å². The number of ether oxygens (including phenoxy) is 2. The van der Waals surface area contributed by atoms with Crippen molar-refractivity contribution in [3.63, 3.8) is 0 Å². The maximum atomic E-state index is 12.7. The van der Waals surface area contributed by atoms with Crippen molar-refractivity contribution in [1.82, 2.24) is 4.90 Å². The molecule has 1 aliphatic rings. The molecule has 0 unspecified atom stereocenters. The van der Waals surface area contributed by atoms with Crippen molar-refractivity contribution in [2.24, 2.45) is 0 Å². The van der Waals surface area contributed by atoms with E-state index in [1.54, 1.807) is 4.90 Å². The van der Waals surface area contributed by atoms with Crippen LogP contribution in [0.3, 0.4) is 0 Å². The second-order valence-electron chi connectivity index (χ2n) is 7.20. The lowest BCUT2D eigenvalue weighted by Gasteiger charge is -2.13. The molecule has 1 saturated heterocycles. The van der Waals surface area contributed by atoms with Crippen molar-refractivity contribution in [2.45, 2.75) is 32.3 Å². The molecule has 0 radical (unpaired) electrons. The highest BCUT2D eigenvalue weighted by atomic mass is 35.5. The molecule has 5 nitrogen and oxygen atoms in total. The lowest BCUT2D eigenvalue weighted by Crippen LogP contribution is -2.29. The fraction of sp³-hybridized carbons (Fsp3) is 0.292. The van der Waals surface area contributed by atoms with Gasteiger partial charge in [-0.3, -0.25) is 14.5 Å². The van der Waals surface area contributed by atoms with Gasteiger partial charge in [-0.25, -0.2) is 0 Å². The van der Waals surface area contributed by atoms with Crippen molar-refractivity contribution < 1.29 is 19.1 Å². The van der Waals surface area contributed by atoms with Crippen molar-refractivity contribution >= 4 is 57.9 Å². The Bertz CT molecular complexity index is 990. The van der Waals surface area contributed by atoms with E-state index in [1.165, 1.54) is 18.9 Å². The fourth-order valence-corrected chi connectivity index (χ4v) is 4.50. The number of nitrogens with zero attached hydrogens (tertiary/aromatic N) is 1. The number of unbranched alkanes of at least 4 members (excludes halogenated alkanes) is 2. The third-order valence-electron chi connectivity index (χ3n) is 4.86. The molecule has 1 heterocycles. The van der Waals surface area contributed by atoms with Crippen LogP contribution in [0.2, 0.25) is 5.02 Å². The Morgan fingerprint density at radius 3 is 2.50 bits per heavy atom. The number of benzene rings is 2. The molecule has 1 amide bonds. The van der Waals surface area contributed by atoms with E-state index in [0.717, 1.165) is 36.1 Å². The van der Waals surface area contributed by atoms with Gasteiger partial charge < -0.3 is 9.47 Å². The number of esters is 1. The predicted molar refractivity (Wildman–Crippen MR) is 133 cm³/mol. The first-order valence-electron chi connectivity index (χ1n) is 10.3. The van der Waals surface area contributed by atoms with E-state index < -0.39 is 0 Å². The van der Waals surface area contributed by atoms with Gasteiger partial charge in [0.2, 0.25) is 0 Å². The van der Waals surface area contributed by atoms with Crippen LogP contribution in [0.25, 0.3) is 6.08 Å². The normalized spacial score (nSPS) is 14.8. The van der Waals surface area contributed by atoms with Crippen molar-refractivity contribution in [3.8, 4) is 5.75 Å². The highest BCUT2D eigenvalue weighted by molar-refractivity contribution is 8.26. The minimum atomic E-state index is -0.208. The molecule has 0 saturated carbocycles. The predicted octanol–water partition coefficient (Wildman–Crippen LogP) is 5.85. The van der Waals surface area contributed by atoms with E-state index in [1.807, 2.05) is 54.6 Å². The van der Waals surface area contributed by atoms with Gasteiger partial charge in [0.1, 0.15) is 16.7 Å². The third-order valence-corrected chi connectivity index (χ3v) is 6.49. The van der Waals surface area contributed by atoms with Crippen LogP contribution >= 0.6 is 35.6 Å². The molecule has 2 aromatic carbocycles. The van der Waals surface area contributed by atoms with Crippen LogP contribution in [0.15, 0.2) is 53.4 Å². The molecule has 0 bridgehead atoms. The molecular weight excluding hydrogens is 466 g/mol. The van der Waals surface area contributed by atoms with Crippen LogP contribution in [-0.4, -0.2) is 34.8 Å². The highest BCUT2D eigenvalue weighted by Crippen LogP contribution is 2.33. The number of thiocarbonyl (C=S) groups is 1. The molecule has 8 heteroatoms. The standard InChI is InChI=1S/C24H24ClNO4S2/c1-29-22(27)5-3-2-4-14-26-23(28)21(32-24(26)31)15-17-8-12-20(13-9-17)30-16-18-6-10-19(25)11-7-18/h6-13,15H,2-5,14,16H2,1H3/b21-15-. The molecular formula is C24H24ClNO4S2. The SMILES string of the molecule is COC(=O)CCCCCN1C(=O)/C(=C/c2ccc(OCc3ccc(Cl)cc3)cc2)SC1=S. The Balaban J connectivity index is 1.50. The van der Waals surface area contributed by atoms with Gasteiger partial charge >= 0.3 is 5.97 Å². The quantitative estimate of drug-likeness (QED) is 0.180. The van der Waals surface area contributed by atoms with Gasteiger partial charge in [0, 0.05) is 18.0 Å². The zero-order chi connectivity index (χ0) is 22.9. The van der Waals surface area contributed by atoms with Crippen LogP contribution in [0.5, 0.6) is 5.75 Å². The summed E-state index contributed by atoms with van der Waals surface area (Å²) in [6.07, 6.45) is 4.61. The van der Waals surface area contributed by atoms with E-state index in [-0.39, 0.29) is 11.9 Å². The number of thioether (sulfide) groups is 1. The van der Waals surface area contributed by atoms with E-state index in [4.69, 9.17) is 28.6 Å². The Morgan fingerprint density at radius 2 is 1.81 bits per heavy atom. The van der Waals surface area contributed by atoms with Crippen molar-refractivity contribution in [1.29, 1.82) is 0 Å². The summed E-state index contributed by atoms with van der Waals surface area (Å²) in [4.78, 5) is 26.1. The molecule has 0 N–H and O–H groups in total. The maximum Gasteiger partial charge on any atom is 0.305 e. The van der Waals surface area contributed by atoms with Crippen LogP contribution in [-0.2, 0) is 20.9 Å². The van der Waals surface area contributed by atoms with E-state index >= 15 is 0 Å². The lowest BCUT2D eigenvalue weighted by molar-refractivity contribution is -0.140. The number of carbonyl (C=O) groups excluding carboxylic acids is 2. The topological polar surface area (TPSA) is 55.8 Å². The first-order chi connectivity index (χ1) is 15.5. The van der Waals surface area contributed by atoms with Gasteiger partial charge in [0.25, 0.3) is 5.91 Å². The van der Waals surface area contributed by atoms with Crippen LogP contribution < -0.4 is 4.74 Å². The number of methoxy groups -OCH3 is 1. The summed E-state index contributed by atoms with van der Waals surface area (Å²) in [7, 11) is 1.39. The van der Waals surface area contributed by atoms with Gasteiger partial charge in [-0.2, -0.15) is 0 Å². The van der Waals surface area contributed by atoms with Crippen molar-refractivity contribution in [2.75, 3.05) is 13.7 Å². The zero-order valence-electron chi connectivity index (χ0n) is 17.7. The van der Waals surface area contributed by atoms with E-state index in [0.29, 0.717) is 33.8 Å². The summed E-state index contributed by atoms with van der Waals surface area (Å²) in [5.74, 6) is 0.465. The molecule has 168 valence electrons. The molecule has 0 atom stereocenters. The fourth-order valence-electron chi connectivity index (χ4n) is 3.07. The minimum Gasteiger partial charge on any atom is -0.489 e. The number of hydrogen-bond donors (Lipinski definition) is 0.